The minimum Gasteiger partial charge on any atom is -0.370 e. The van der Waals surface area contributed by atoms with Crippen molar-refractivity contribution in [1.29, 1.82) is 0 Å². The molecule has 4 rings (SSSR count). The smallest absolute Gasteiger partial charge is 0.370 e. The van der Waals surface area contributed by atoms with Crippen LogP contribution in [0.15, 0.2) is 64.0 Å². The Hall–Kier alpha value is -3.09. The van der Waals surface area contributed by atoms with Gasteiger partial charge in [0.25, 0.3) is 5.56 Å². The number of aromatic nitrogens is 2. The van der Waals surface area contributed by atoms with Gasteiger partial charge in [-0.05, 0) is 30.3 Å². The highest BCUT2D eigenvalue weighted by atomic mass is 19.4. The molecule has 4 nitrogen and oxygen atoms in total. The molecule has 120 valence electrons. The van der Waals surface area contributed by atoms with Gasteiger partial charge in [-0.15, -0.1) is 4.74 Å². The van der Waals surface area contributed by atoms with E-state index in [9.17, 15) is 18.0 Å². The molecule has 0 aliphatic carbocycles. The molecule has 0 aliphatic heterocycles. The van der Waals surface area contributed by atoms with Crippen LogP contribution in [0.3, 0.4) is 0 Å². The van der Waals surface area contributed by atoms with Gasteiger partial charge in [0.1, 0.15) is 5.39 Å². The molecule has 0 atom stereocenters. The molecule has 0 saturated carbocycles. The molecule has 7 heteroatoms. The third-order valence-electron chi connectivity index (χ3n) is 3.73. The van der Waals surface area contributed by atoms with Crippen molar-refractivity contribution in [3.8, 4) is 5.69 Å². The first kappa shape index (κ1) is 14.5. The maximum atomic E-state index is 12.9. The molecule has 0 saturated heterocycles. The van der Waals surface area contributed by atoms with Crippen LogP contribution in [0.5, 0.6) is 0 Å². The summed E-state index contributed by atoms with van der Waals surface area (Å²) in [6.45, 7) is 0. The largest absolute Gasteiger partial charge is 0.416 e. The molecule has 2 aromatic carbocycles. The predicted molar refractivity (Wildman–Crippen MR) is 82.1 cm³/mol. The molecule has 2 heterocycles. The number of halogens is 3. The Balaban J connectivity index is 2.06. The zero-order valence-corrected chi connectivity index (χ0v) is 12.0. The van der Waals surface area contributed by atoms with Gasteiger partial charge in [-0.25, -0.2) is 0 Å². The molecule has 4 aromatic rings. The number of alkyl halides is 3. The van der Waals surface area contributed by atoms with Crippen LogP contribution in [0.2, 0.25) is 0 Å². The minimum absolute atomic E-state index is 0.0833. The summed E-state index contributed by atoms with van der Waals surface area (Å²) in [5.74, 6) is 0. The molecule has 0 amide bonds. The Bertz CT molecular complexity index is 1110. The number of benzene rings is 2. The van der Waals surface area contributed by atoms with E-state index >= 15 is 0 Å². The van der Waals surface area contributed by atoms with E-state index in [1.165, 1.54) is 12.3 Å². The van der Waals surface area contributed by atoms with E-state index in [1.807, 2.05) is 0 Å². The fourth-order valence-corrected chi connectivity index (χ4v) is 2.57. The molecule has 0 radical (unpaired) electrons. The summed E-state index contributed by atoms with van der Waals surface area (Å²) in [6.07, 6.45) is -3.17. The van der Waals surface area contributed by atoms with E-state index in [0.717, 1.165) is 16.9 Å². The monoisotopic (exact) mass is 330 g/mol. The SMILES string of the molecule is O=c1c2cnc3ccc(C(F)(F)F)cc3c2on1-c1ccccc1. The van der Waals surface area contributed by atoms with Crippen molar-refractivity contribution in [1.82, 2.24) is 9.72 Å². The third-order valence-corrected chi connectivity index (χ3v) is 3.73. The van der Waals surface area contributed by atoms with Crippen LogP contribution in [-0.2, 0) is 6.18 Å². The molecule has 0 spiro atoms. The van der Waals surface area contributed by atoms with Crippen molar-refractivity contribution in [2.24, 2.45) is 0 Å². The summed E-state index contributed by atoms with van der Waals surface area (Å²) in [6, 6.07) is 11.7. The Labute approximate surface area is 132 Å². The Morgan fingerprint density at radius 3 is 2.46 bits per heavy atom. The number of rotatable bonds is 1. The zero-order chi connectivity index (χ0) is 16.9. The van der Waals surface area contributed by atoms with Crippen molar-refractivity contribution in [2.75, 3.05) is 0 Å². The van der Waals surface area contributed by atoms with Crippen LogP contribution >= 0.6 is 0 Å². The Morgan fingerprint density at radius 1 is 1.00 bits per heavy atom. The standard InChI is InChI=1S/C17H9F3N2O2/c18-17(19,20)10-6-7-14-12(8-10)15-13(9-21-14)16(23)22(24-15)11-4-2-1-3-5-11/h1-9H. The van der Waals surface area contributed by atoms with Crippen molar-refractivity contribution in [2.45, 2.75) is 6.18 Å². The Kier molecular flexibility index (Phi) is 2.99. The first-order chi connectivity index (χ1) is 11.4. The second-order valence-corrected chi connectivity index (χ2v) is 5.26. The summed E-state index contributed by atoms with van der Waals surface area (Å²) in [7, 11) is 0. The molecule has 0 fully saturated rings. The maximum absolute atomic E-state index is 12.9. The highest BCUT2D eigenvalue weighted by Crippen LogP contribution is 2.33. The lowest BCUT2D eigenvalue weighted by Crippen LogP contribution is -2.11. The van der Waals surface area contributed by atoms with Crippen molar-refractivity contribution in [3.05, 3.63) is 70.6 Å². The zero-order valence-electron chi connectivity index (χ0n) is 12.0. The van der Waals surface area contributed by atoms with E-state index < -0.39 is 17.3 Å². The van der Waals surface area contributed by atoms with E-state index in [1.54, 1.807) is 30.3 Å². The predicted octanol–water partition coefficient (Wildman–Crippen LogP) is 4.15. The normalized spacial score (nSPS) is 12.1. The van der Waals surface area contributed by atoms with Crippen LogP contribution in [0, 0.1) is 0 Å². The molecule has 0 unspecified atom stereocenters. The molecule has 2 aromatic heterocycles. The number of para-hydroxylation sites is 1. The topological polar surface area (TPSA) is 48.0 Å². The van der Waals surface area contributed by atoms with Gasteiger partial charge >= 0.3 is 6.18 Å². The lowest BCUT2D eigenvalue weighted by atomic mass is 10.1. The van der Waals surface area contributed by atoms with E-state index in [2.05, 4.69) is 4.98 Å². The van der Waals surface area contributed by atoms with Crippen LogP contribution in [0.25, 0.3) is 27.6 Å². The lowest BCUT2D eigenvalue weighted by Gasteiger charge is -2.07. The second-order valence-electron chi connectivity index (χ2n) is 5.26. The third kappa shape index (κ3) is 2.17. The summed E-state index contributed by atoms with van der Waals surface area (Å²) in [5, 5.41) is 0.278. The van der Waals surface area contributed by atoms with Crippen LogP contribution in [0.4, 0.5) is 13.2 Å². The van der Waals surface area contributed by atoms with Crippen LogP contribution < -0.4 is 5.56 Å². The van der Waals surface area contributed by atoms with Gasteiger partial charge in [0.2, 0.25) is 0 Å². The number of nitrogens with zero attached hydrogens (tertiary/aromatic N) is 2. The molecular weight excluding hydrogens is 321 g/mol. The summed E-state index contributed by atoms with van der Waals surface area (Å²) < 4.78 is 45.5. The van der Waals surface area contributed by atoms with Gasteiger partial charge in [0.05, 0.1) is 16.8 Å². The first-order valence-electron chi connectivity index (χ1n) is 7.02. The van der Waals surface area contributed by atoms with Crippen molar-refractivity contribution in [3.63, 3.8) is 0 Å². The van der Waals surface area contributed by atoms with Gasteiger partial charge in [0, 0.05) is 11.6 Å². The van der Waals surface area contributed by atoms with Gasteiger partial charge in [-0.1, -0.05) is 18.2 Å². The lowest BCUT2D eigenvalue weighted by molar-refractivity contribution is -0.137. The molecular formula is C17H9F3N2O2. The maximum Gasteiger partial charge on any atom is 0.416 e. The second kappa shape index (κ2) is 4.95. The number of fused-ring (bicyclic) bond motifs is 3. The minimum atomic E-state index is -4.49. The van der Waals surface area contributed by atoms with E-state index in [-0.39, 0.29) is 16.4 Å². The highest BCUT2D eigenvalue weighted by Gasteiger charge is 2.31. The van der Waals surface area contributed by atoms with E-state index in [0.29, 0.717) is 11.2 Å². The number of hydrogen-bond donors (Lipinski definition) is 0. The van der Waals surface area contributed by atoms with Gasteiger partial charge in [0.15, 0.2) is 5.58 Å². The number of hydrogen-bond acceptors (Lipinski definition) is 3. The first-order valence-corrected chi connectivity index (χ1v) is 7.02. The summed E-state index contributed by atoms with van der Waals surface area (Å²) in [4.78, 5) is 16.5. The fourth-order valence-electron chi connectivity index (χ4n) is 2.57. The average Bonchev–Trinajstić information content (AvgIpc) is 2.92. The fraction of sp³-hybridized carbons (Fsp3) is 0.0588. The van der Waals surface area contributed by atoms with Crippen LogP contribution in [-0.4, -0.2) is 9.72 Å². The summed E-state index contributed by atoms with van der Waals surface area (Å²) in [5.41, 5.74) is -0.398. The number of pyridine rings is 1. The molecule has 24 heavy (non-hydrogen) atoms. The summed E-state index contributed by atoms with van der Waals surface area (Å²) >= 11 is 0. The quantitative estimate of drug-likeness (QED) is 0.527. The van der Waals surface area contributed by atoms with Crippen molar-refractivity contribution < 1.29 is 17.7 Å². The molecule has 0 N–H and O–H groups in total. The average molecular weight is 330 g/mol. The van der Waals surface area contributed by atoms with Gasteiger partial charge < -0.3 is 4.52 Å². The van der Waals surface area contributed by atoms with Gasteiger partial charge in [-0.2, -0.15) is 13.2 Å². The molecule has 0 aliphatic rings. The van der Waals surface area contributed by atoms with Gasteiger partial charge in [-0.3, -0.25) is 9.78 Å². The molecule has 0 bridgehead atoms. The van der Waals surface area contributed by atoms with Crippen LogP contribution in [0.1, 0.15) is 5.56 Å². The highest BCUT2D eigenvalue weighted by molar-refractivity contribution is 6.01. The van der Waals surface area contributed by atoms with E-state index in [4.69, 9.17) is 4.52 Å². The van der Waals surface area contributed by atoms with Crippen molar-refractivity contribution >= 4 is 21.9 Å². The Morgan fingerprint density at radius 2 is 1.75 bits per heavy atom.